The van der Waals surface area contributed by atoms with Gasteiger partial charge in [-0.3, -0.25) is 0 Å². The normalized spacial score (nSPS) is 11.8. The molecule has 0 aliphatic heterocycles. The number of hydrogen-bond donors (Lipinski definition) is 0. The molecule has 1 heterocycles. The Morgan fingerprint density at radius 2 is 1.82 bits per heavy atom. The monoisotopic (exact) mass is 240 g/mol. The molecule has 0 N–H and O–H groups in total. The average Bonchev–Trinajstić information content (AvgIpc) is 2.78. The Labute approximate surface area is 96.7 Å². The molecule has 0 unspecified atom stereocenters. The molecule has 2 rings (SSSR count). The van der Waals surface area contributed by atoms with Crippen LogP contribution in [0.25, 0.3) is 5.69 Å². The molecular weight excluding hydrogens is 229 g/mol. The first kappa shape index (κ1) is 11.7. The summed E-state index contributed by atoms with van der Waals surface area (Å²) < 4.78 is 38.4. The topological polar surface area (TPSA) is 17.8 Å². The Kier molecular flexibility index (Phi) is 2.92. The van der Waals surface area contributed by atoms with E-state index in [1.165, 1.54) is 4.68 Å². The van der Waals surface area contributed by atoms with Crippen molar-refractivity contribution in [1.29, 1.82) is 0 Å². The molecule has 2 aromatic rings. The number of rotatable bonds is 2. The highest BCUT2D eigenvalue weighted by molar-refractivity contribution is 5.34. The van der Waals surface area contributed by atoms with Crippen molar-refractivity contribution in [3.05, 3.63) is 47.8 Å². The van der Waals surface area contributed by atoms with Crippen molar-refractivity contribution in [2.45, 2.75) is 19.5 Å². The maximum absolute atomic E-state index is 12.4. The van der Waals surface area contributed by atoms with Gasteiger partial charge in [0.05, 0.1) is 17.4 Å². The van der Waals surface area contributed by atoms with Crippen LogP contribution in [0, 0.1) is 0 Å². The van der Waals surface area contributed by atoms with Gasteiger partial charge in [-0.1, -0.05) is 19.1 Å². The lowest BCUT2D eigenvalue weighted by molar-refractivity contribution is -0.137. The van der Waals surface area contributed by atoms with Gasteiger partial charge >= 0.3 is 6.18 Å². The van der Waals surface area contributed by atoms with Gasteiger partial charge in [-0.05, 0) is 24.1 Å². The zero-order valence-corrected chi connectivity index (χ0v) is 9.20. The average molecular weight is 240 g/mol. The molecular formula is C12H11F3N2. The maximum atomic E-state index is 12.4. The number of halogens is 3. The van der Waals surface area contributed by atoms with E-state index in [0.29, 0.717) is 5.69 Å². The van der Waals surface area contributed by atoms with Gasteiger partial charge in [-0.25, -0.2) is 4.68 Å². The van der Waals surface area contributed by atoms with Crippen LogP contribution in [0.1, 0.15) is 18.1 Å². The maximum Gasteiger partial charge on any atom is 0.419 e. The molecule has 0 spiro atoms. The quantitative estimate of drug-likeness (QED) is 0.786. The molecule has 0 radical (unpaired) electrons. The van der Waals surface area contributed by atoms with Gasteiger partial charge in [-0.2, -0.15) is 18.3 Å². The Hall–Kier alpha value is -1.78. The van der Waals surface area contributed by atoms with Crippen molar-refractivity contribution < 1.29 is 13.2 Å². The molecule has 1 aromatic heterocycles. The molecule has 2 nitrogen and oxygen atoms in total. The number of aromatic nitrogens is 2. The fourth-order valence-corrected chi connectivity index (χ4v) is 1.49. The van der Waals surface area contributed by atoms with E-state index in [2.05, 4.69) is 5.10 Å². The minimum Gasteiger partial charge on any atom is -0.240 e. The third-order valence-corrected chi connectivity index (χ3v) is 2.52. The SMILES string of the molecule is CCc1ccc(-n2cc(C(F)(F)F)cn2)cc1. The molecule has 0 aliphatic carbocycles. The van der Waals surface area contributed by atoms with Crippen molar-refractivity contribution in [3.8, 4) is 5.69 Å². The van der Waals surface area contributed by atoms with Crippen LogP contribution >= 0.6 is 0 Å². The fourth-order valence-electron chi connectivity index (χ4n) is 1.49. The molecule has 5 heteroatoms. The second-order valence-electron chi connectivity index (χ2n) is 3.69. The van der Waals surface area contributed by atoms with E-state index in [-0.39, 0.29) is 0 Å². The van der Waals surface area contributed by atoms with Gasteiger partial charge in [0, 0.05) is 6.20 Å². The summed E-state index contributed by atoms with van der Waals surface area (Å²) in [6.07, 6.45) is -1.64. The summed E-state index contributed by atoms with van der Waals surface area (Å²) in [6, 6.07) is 7.27. The smallest absolute Gasteiger partial charge is 0.240 e. The second kappa shape index (κ2) is 4.24. The van der Waals surface area contributed by atoms with Gasteiger partial charge in [0.25, 0.3) is 0 Å². The van der Waals surface area contributed by atoms with E-state index in [9.17, 15) is 13.2 Å². The molecule has 0 bridgehead atoms. The van der Waals surface area contributed by atoms with E-state index >= 15 is 0 Å². The molecule has 17 heavy (non-hydrogen) atoms. The fraction of sp³-hybridized carbons (Fsp3) is 0.250. The van der Waals surface area contributed by atoms with Crippen molar-refractivity contribution in [2.24, 2.45) is 0 Å². The third-order valence-electron chi connectivity index (χ3n) is 2.52. The molecule has 0 atom stereocenters. The standard InChI is InChI=1S/C12H11F3N2/c1-2-9-3-5-11(6-4-9)17-8-10(7-16-17)12(13,14)15/h3-8H,2H2,1H3. The van der Waals surface area contributed by atoms with Gasteiger partial charge in [0.2, 0.25) is 0 Å². The van der Waals surface area contributed by atoms with Gasteiger partial charge in [0.15, 0.2) is 0 Å². The van der Waals surface area contributed by atoms with E-state index in [0.717, 1.165) is 24.4 Å². The van der Waals surface area contributed by atoms with Crippen LogP contribution in [-0.2, 0) is 12.6 Å². The molecule has 90 valence electrons. The lowest BCUT2D eigenvalue weighted by Gasteiger charge is -2.03. The van der Waals surface area contributed by atoms with Crippen LogP contribution in [0.3, 0.4) is 0 Å². The molecule has 0 fully saturated rings. The van der Waals surface area contributed by atoms with Gasteiger partial charge < -0.3 is 0 Å². The minimum absolute atomic E-state index is 0.623. The van der Waals surface area contributed by atoms with Crippen LogP contribution in [0.4, 0.5) is 13.2 Å². The Morgan fingerprint density at radius 1 is 1.18 bits per heavy atom. The summed E-state index contributed by atoms with van der Waals surface area (Å²) >= 11 is 0. The predicted octanol–water partition coefficient (Wildman–Crippen LogP) is 3.45. The number of benzene rings is 1. The predicted molar refractivity (Wildman–Crippen MR) is 57.9 cm³/mol. The number of nitrogens with zero attached hydrogens (tertiary/aromatic N) is 2. The van der Waals surface area contributed by atoms with Crippen LogP contribution in [0.2, 0.25) is 0 Å². The molecule has 0 saturated carbocycles. The lowest BCUT2D eigenvalue weighted by atomic mass is 10.1. The van der Waals surface area contributed by atoms with Crippen molar-refractivity contribution >= 4 is 0 Å². The number of aryl methyl sites for hydroxylation is 1. The van der Waals surface area contributed by atoms with E-state index in [1.54, 1.807) is 12.1 Å². The molecule has 1 aromatic carbocycles. The van der Waals surface area contributed by atoms with Crippen LogP contribution in [0.5, 0.6) is 0 Å². The zero-order chi connectivity index (χ0) is 12.5. The van der Waals surface area contributed by atoms with Gasteiger partial charge in [-0.15, -0.1) is 0 Å². The summed E-state index contributed by atoms with van der Waals surface area (Å²) in [5.74, 6) is 0. The van der Waals surface area contributed by atoms with Crippen LogP contribution < -0.4 is 0 Å². The minimum atomic E-state index is -4.35. The second-order valence-corrected chi connectivity index (χ2v) is 3.69. The Morgan fingerprint density at radius 3 is 2.29 bits per heavy atom. The molecule has 0 aliphatic rings. The first-order valence-electron chi connectivity index (χ1n) is 5.22. The largest absolute Gasteiger partial charge is 0.419 e. The first-order valence-corrected chi connectivity index (χ1v) is 5.22. The lowest BCUT2D eigenvalue weighted by Crippen LogP contribution is -2.03. The highest BCUT2D eigenvalue weighted by Crippen LogP contribution is 2.29. The molecule has 0 saturated heterocycles. The summed E-state index contributed by atoms with van der Waals surface area (Å²) in [5, 5.41) is 3.71. The number of hydrogen-bond acceptors (Lipinski definition) is 1. The van der Waals surface area contributed by atoms with Crippen LogP contribution in [0.15, 0.2) is 36.7 Å². The summed E-state index contributed by atoms with van der Waals surface area (Å²) in [5.41, 5.74) is 1.02. The molecule has 0 amide bonds. The third kappa shape index (κ3) is 2.49. The highest BCUT2D eigenvalue weighted by atomic mass is 19.4. The Balaban J connectivity index is 2.30. The van der Waals surface area contributed by atoms with Crippen molar-refractivity contribution in [2.75, 3.05) is 0 Å². The summed E-state index contributed by atoms with van der Waals surface area (Å²) in [4.78, 5) is 0. The summed E-state index contributed by atoms with van der Waals surface area (Å²) in [7, 11) is 0. The first-order chi connectivity index (χ1) is 8.00. The highest BCUT2D eigenvalue weighted by Gasteiger charge is 2.32. The van der Waals surface area contributed by atoms with E-state index < -0.39 is 11.7 Å². The summed E-state index contributed by atoms with van der Waals surface area (Å²) in [6.45, 7) is 2.02. The number of alkyl halides is 3. The zero-order valence-electron chi connectivity index (χ0n) is 9.20. The Bertz CT molecular complexity index is 497. The van der Waals surface area contributed by atoms with Crippen LogP contribution in [-0.4, -0.2) is 9.78 Å². The van der Waals surface area contributed by atoms with E-state index in [4.69, 9.17) is 0 Å². The van der Waals surface area contributed by atoms with Crippen molar-refractivity contribution in [1.82, 2.24) is 9.78 Å². The van der Waals surface area contributed by atoms with Gasteiger partial charge in [0.1, 0.15) is 0 Å². The van der Waals surface area contributed by atoms with Crippen molar-refractivity contribution in [3.63, 3.8) is 0 Å². The van der Waals surface area contributed by atoms with E-state index in [1.807, 2.05) is 19.1 Å².